The number of quaternary nitrogens is 1. The number of allylic oxidation sites excluding steroid dienone is 10. The molecule has 0 bridgehead atoms. The van der Waals surface area contributed by atoms with Crippen LogP contribution in [0.3, 0.4) is 0 Å². The van der Waals surface area contributed by atoms with E-state index in [2.05, 4.69) is 74.6 Å². The number of unbranched alkanes of at least 4 members (excludes halogenated alkanes) is 15. The average molecular weight is 802 g/mol. The largest absolute Gasteiger partial charge is 0.545 e. The highest BCUT2D eigenvalue weighted by Gasteiger charge is 2.21. The van der Waals surface area contributed by atoms with Crippen LogP contribution in [0.4, 0.5) is 0 Å². The number of hydrogen-bond donors (Lipinski definition) is 0. The molecule has 0 aromatic heterocycles. The summed E-state index contributed by atoms with van der Waals surface area (Å²) in [6.45, 7) is 4.57. The van der Waals surface area contributed by atoms with Gasteiger partial charge in [0.2, 0.25) is 0 Å². The van der Waals surface area contributed by atoms with Crippen molar-refractivity contribution in [2.45, 2.75) is 180 Å². The quantitative estimate of drug-likeness (QED) is 0.0198. The molecule has 9 heteroatoms. The summed E-state index contributed by atoms with van der Waals surface area (Å²) in [7, 11) is 5.89. The molecule has 57 heavy (non-hydrogen) atoms. The van der Waals surface area contributed by atoms with E-state index in [1.54, 1.807) is 0 Å². The highest BCUT2D eigenvalue weighted by atomic mass is 16.7. The van der Waals surface area contributed by atoms with Gasteiger partial charge in [0.1, 0.15) is 13.2 Å². The highest BCUT2D eigenvalue weighted by molar-refractivity contribution is 5.70. The summed E-state index contributed by atoms with van der Waals surface area (Å²) >= 11 is 0. The summed E-state index contributed by atoms with van der Waals surface area (Å²) in [5, 5.41) is 11.7. The van der Waals surface area contributed by atoms with Crippen LogP contribution in [-0.4, -0.2) is 82.3 Å². The third-order valence-electron chi connectivity index (χ3n) is 9.25. The fourth-order valence-corrected chi connectivity index (χ4v) is 5.75. The zero-order valence-electron chi connectivity index (χ0n) is 36.9. The van der Waals surface area contributed by atoms with Crippen molar-refractivity contribution in [1.29, 1.82) is 0 Å². The molecule has 0 aromatic carbocycles. The zero-order valence-corrected chi connectivity index (χ0v) is 36.9. The van der Waals surface area contributed by atoms with Gasteiger partial charge in [-0.25, -0.2) is 0 Å². The Balaban J connectivity index is 4.48. The van der Waals surface area contributed by atoms with E-state index in [0.717, 1.165) is 103 Å². The Morgan fingerprint density at radius 1 is 0.544 bits per heavy atom. The van der Waals surface area contributed by atoms with Gasteiger partial charge in [-0.2, -0.15) is 0 Å². The molecule has 0 aliphatic carbocycles. The average Bonchev–Trinajstić information content (AvgIpc) is 3.17. The topological polar surface area (TPSA) is 111 Å². The maximum atomic E-state index is 12.7. The van der Waals surface area contributed by atoms with E-state index in [-0.39, 0.29) is 38.6 Å². The van der Waals surface area contributed by atoms with Gasteiger partial charge >= 0.3 is 11.9 Å². The second-order valence-electron chi connectivity index (χ2n) is 16.0. The van der Waals surface area contributed by atoms with Gasteiger partial charge in [-0.3, -0.25) is 9.59 Å². The molecule has 0 spiro atoms. The normalized spacial score (nSPS) is 13.5. The summed E-state index contributed by atoms with van der Waals surface area (Å²) < 4.78 is 22.5. The molecule has 0 rings (SSSR count). The molecular weight excluding hydrogens is 719 g/mol. The summed E-state index contributed by atoms with van der Waals surface area (Å²) in [5.74, 6) is -2.32. The maximum Gasteiger partial charge on any atom is 0.306 e. The maximum absolute atomic E-state index is 12.7. The highest BCUT2D eigenvalue weighted by Crippen LogP contribution is 2.13. The Morgan fingerprint density at radius 2 is 1.00 bits per heavy atom. The van der Waals surface area contributed by atoms with Crippen LogP contribution in [-0.2, 0) is 33.3 Å². The minimum Gasteiger partial charge on any atom is -0.545 e. The predicted molar refractivity (Wildman–Crippen MR) is 232 cm³/mol. The molecule has 0 radical (unpaired) electrons. The number of carboxylic acids is 1. The van der Waals surface area contributed by atoms with Crippen LogP contribution in [0.2, 0.25) is 0 Å². The molecule has 0 heterocycles. The van der Waals surface area contributed by atoms with Crippen LogP contribution in [0, 0.1) is 0 Å². The van der Waals surface area contributed by atoms with Gasteiger partial charge in [-0.15, -0.1) is 0 Å². The summed E-state index contributed by atoms with van der Waals surface area (Å²) in [5.41, 5.74) is 0. The van der Waals surface area contributed by atoms with Gasteiger partial charge in [0.25, 0.3) is 0 Å². The number of nitrogens with zero attached hydrogens (tertiary/aromatic N) is 1. The summed E-state index contributed by atoms with van der Waals surface area (Å²) in [4.78, 5) is 37.0. The molecule has 0 saturated heterocycles. The number of hydrogen-bond acceptors (Lipinski definition) is 8. The van der Waals surface area contributed by atoms with Crippen LogP contribution in [0.1, 0.15) is 168 Å². The minimum atomic E-state index is -1.63. The Hall–Kier alpha value is -3.01. The molecule has 0 N–H and O–H groups in total. The van der Waals surface area contributed by atoms with Crippen LogP contribution in [0.15, 0.2) is 60.8 Å². The third kappa shape index (κ3) is 41.0. The Morgan fingerprint density at radius 3 is 1.51 bits per heavy atom. The number of carboxylic acid groups (broad SMARTS) is 1. The number of aliphatic carboxylic acids is 1. The molecule has 0 saturated carbocycles. The smallest absolute Gasteiger partial charge is 0.306 e. The zero-order chi connectivity index (χ0) is 42.1. The molecule has 0 aliphatic heterocycles. The lowest BCUT2D eigenvalue weighted by Gasteiger charge is -2.26. The Labute approximate surface area is 348 Å². The number of ether oxygens (including phenoxy) is 4. The summed E-state index contributed by atoms with van der Waals surface area (Å²) in [6, 6.07) is 0. The molecule has 0 fully saturated rings. The van der Waals surface area contributed by atoms with E-state index in [9.17, 15) is 19.5 Å². The van der Waals surface area contributed by atoms with E-state index < -0.39 is 24.3 Å². The number of carbonyl (C=O) groups is 3. The lowest BCUT2D eigenvalue weighted by Crippen LogP contribution is -2.44. The monoisotopic (exact) mass is 802 g/mol. The van der Waals surface area contributed by atoms with Crippen LogP contribution in [0.5, 0.6) is 0 Å². The van der Waals surface area contributed by atoms with E-state index in [4.69, 9.17) is 18.9 Å². The first-order valence-corrected chi connectivity index (χ1v) is 22.4. The second kappa shape index (κ2) is 39.8. The predicted octanol–water partition coefficient (Wildman–Crippen LogP) is 10.4. The van der Waals surface area contributed by atoms with Gasteiger partial charge in [0, 0.05) is 12.8 Å². The van der Waals surface area contributed by atoms with Crippen molar-refractivity contribution in [3.63, 3.8) is 0 Å². The molecule has 9 nitrogen and oxygen atoms in total. The number of carbonyl (C=O) groups excluding carboxylic acids is 3. The first kappa shape index (κ1) is 54.0. The van der Waals surface area contributed by atoms with Crippen molar-refractivity contribution in [3.8, 4) is 0 Å². The first-order valence-electron chi connectivity index (χ1n) is 22.4. The lowest BCUT2D eigenvalue weighted by molar-refractivity contribution is -0.870. The molecule has 0 aromatic rings. The molecule has 0 amide bonds. The standard InChI is InChI=1S/C48H83NO8/c1-6-8-10-12-14-16-18-20-21-22-23-24-25-27-29-31-33-35-37-39-46(51)57-44(43-56-48(47(52)53)54-41-40-49(3,4)5)42-55-45(50)38-36-34-32-30-28-26-19-17-15-13-11-9-7-2/h8,10,14,16-17,19-21,23-24,44,48H,6-7,9,11-13,15,18,22,25-43H2,1-5H3/b10-8-,16-14-,19-17-,21-20-,24-23-. The van der Waals surface area contributed by atoms with E-state index in [0.29, 0.717) is 17.4 Å². The molecule has 0 aliphatic rings. The van der Waals surface area contributed by atoms with Crippen molar-refractivity contribution < 1.29 is 42.9 Å². The van der Waals surface area contributed by atoms with E-state index >= 15 is 0 Å². The Bertz CT molecular complexity index is 1120. The fraction of sp³-hybridized carbons (Fsp3) is 0.729. The number of likely N-dealkylation sites (N-methyl/N-ethyl adjacent to an activating group) is 1. The molecule has 328 valence electrons. The summed E-state index contributed by atoms with van der Waals surface area (Å²) in [6.07, 6.45) is 43.9. The molecule has 2 unspecified atom stereocenters. The van der Waals surface area contributed by atoms with Crippen LogP contribution in [0.25, 0.3) is 0 Å². The van der Waals surface area contributed by atoms with Gasteiger partial charge < -0.3 is 33.3 Å². The molecular formula is C48H83NO8. The molecule has 2 atom stereocenters. The van der Waals surface area contributed by atoms with E-state index in [1.165, 1.54) is 32.1 Å². The van der Waals surface area contributed by atoms with Crippen molar-refractivity contribution >= 4 is 17.9 Å². The fourth-order valence-electron chi connectivity index (χ4n) is 5.75. The second-order valence-corrected chi connectivity index (χ2v) is 16.0. The number of esters is 2. The van der Waals surface area contributed by atoms with Gasteiger partial charge in [-0.1, -0.05) is 139 Å². The first-order chi connectivity index (χ1) is 27.6. The van der Waals surface area contributed by atoms with Gasteiger partial charge in [-0.05, 0) is 77.0 Å². The van der Waals surface area contributed by atoms with E-state index in [1.807, 2.05) is 21.1 Å². The van der Waals surface area contributed by atoms with Crippen LogP contribution < -0.4 is 5.11 Å². The van der Waals surface area contributed by atoms with Crippen molar-refractivity contribution in [1.82, 2.24) is 0 Å². The van der Waals surface area contributed by atoms with Crippen molar-refractivity contribution in [2.24, 2.45) is 0 Å². The van der Waals surface area contributed by atoms with Crippen molar-refractivity contribution in [3.05, 3.63) is 60.8 Å². The van der Waals surface area contributed by atoms with Crippen molar-refractivity contribution in [2.75, 3.05) is 47.5 Å². The minimum absolute atomic E-state index is 0.141. The van der Waals surface area contributed by atoms with Gasteiger partial charge in [0.05, 0.1) is 40.3 Å². The van der Waals surface area contributed by atoms with Crippen LogP contribution >= 0.6 is 0 Å². The SMILES string of the molecule is CC/C=C\C/C=C\C/C=C\C/C=C\CCCCCCCCC(=O)OC(COC(=O)CCCCCCC/C=C\CCCCCC)COC(OCC[N+](C)(C)C)C(=O)[O-]. The van der Waals surface area contributed by atoms with Gasteiger partial charge in [0.15, 0.2) is 12.4 Å². The Kier molecular flexibility index (Phi) is 37.7. The lowest BCUT2D eigenvalue weighted by atomic mass is 10.1. The number of rotatable bonds is 40. The third-order valence-corrected chi connectivity index (χ3v) is 9.25.